The Bertz CT molecular complexity index is 979. The van der Waals surface area contributed by atoms with E-state index in [9.17, 15) is 19.2 Å². The second-order valence-electron chi connectivity index (χ2n) is 7.98. The number of rotatable bonds is 6. The van der Waals surface area contributed by atoms with Crippen molar-refractivity contribution < 1.29 is 29.0 Å². The van der Waals surface area contributed by atoms with E-state index in [1.165, 1.54) is 12.0 Å². The third-order valence-corrected chi connectivity index (χ3v) is 5.81. The monoisotopic (exact) mass is 452 g/mol. The van der Waals surface area contributed by atoms with Crippen molar-refractivity contribution in [3.8, 4) is 0 Å². The fourth-order valence-corrected chi connectivity index (χ4v) is 4.06. The van der Waals surface area contributed by atoms with Gasteiger partial charge in [0, 0.05) is 25.9 Å². The van der Waals surface area contributed by atoms with Gasteiger partial charge in [0.1, 0.15) is 12.1 Å². The van der Waals surface area contributed by atoms with Gasteiger partial charge in [-0.05, 0) is 24.0 Å². The number of hydrogen-bond acceptors (Lipinski definition) is 5. The highest BCUT2D eigenvalue weighted by molar-refractivity contribution is 5.88. The van der Waals surface area contributed by atoms with Crippen LogP contribution in [-0.2, 0) is 37.0 Å². The number of carbonyl (C=O) groups is 4. The van der Waals surface area contributed by atoms with E-state index in [0.717, 1.165) is 11.1 Å². The molecule has 33 heavy (non-hydrogen) atoms. The molecule has 2 saturated heterocycles. The first-order chi connectivity index (χ1) is 15.9. The van der Waals surface area contributed by atoms with Gasteiger partial charge in [0.25, 0.3) is 0 Å². The summed E-state index contributed by atoms with van der Waals surface area (Å²) in [5.41, 5.74) is 1.99. The molecule has 2 amide bonds. The summed E-state index contributed by atoms with van der Waals surface area (Å²) in [5.74, 6) is -1.30. The normalized spacial score (nSPS) is 19.8. The molecule has 0 radical (unpaired) electrons. The Morgan fingerprint density at radius 3 is 1.67 bits per heavy atom. The lowest BCUT2D eigenvalue weighted by Crippen LogP contribution is -2.38. The van der Waals surface area contributed by atoms with Crippen LogP contribution in [-0.4, -0.2) is 57.9 Å². The molecule has 2 atom stereocenters. The first kappa shape index (κ1) is 24.0. The highest BCUT2D eigenvalue weighted by Gasteiger charge is 2.37. The molecule has 1 N–H and O–H groups in total. The maximum Gasteiger partial charge on any atom is 0.328 e. The molecule has 0 bridgehead atoms. The zero-order chi connectivity index (χ0) is 23.8. The average molecular weight is 453 g/mol. The van der Waals surface area contributed by atoms with Crippen LogP contribution in [0.25, 0.3) is 0 Å². The number of amides is 2. The van der Waals surface area contributed by atoms with E-state index < -0.39 is 18.1 Å². The molecular weight excluding hydrogens is 424 g/mol. The number of hydrogen-bond donors (Lipinski definition) is 1. The summed E-state index contributed by atoms with van der Waals surface area (Å²) in [4.78, 5) is 48.8. The van der Waals surface area contributed by atoms with E-state index in [2.05, 4.69) is 0 Å². The summed E-state index contributed by atoms with van der Waals surface area (Å²) in [6, 6.07) is 18.0. The van der Waals surface area contributed by atoms with E-state index >= 15 is 0 Å². The predicted octanol–water partition coefficient (Wildman–Crippen LogP) is 2.61. The lowest BCUT2D eigenvalue weighted by atomic mass is 10.2. The van der Waals surface area contributed by atoms with Crippen LogP contribution in [0.1, 0.15) is 36.8 Å². The number of methoxy groups -OCH3 is 1. The summed E-state index contributed by atoms with van der Waals surface area (Å²) in [6.07, 6.45) is 1.73. The van der Waals surface area contributed by atoms with Gasteiger partial charge in [0.05, 0.1) is 7.11 Å². The van der Waals surface area contributed by atoms with Crippen molar-refractivity contribution in [3.05, 3.63) is 71.8 Å². The summed E-state index contributed by atoms with van der Waals surface area (Å²) >= 11 is 0. The number of carboxylic acid groups (broad SMARTS) is 1. The van der Waals surface area contributed by atoms with Crippen molar-refractivity contribution in [1.82, 2.24) is 9.80 Å². The molecule has 0 saturated carbocycles. The molecule has 2 aliphatic heterocycles. The van der Waals surface area contributed by atoms with Crippen molar-refractivity contribution in [2.24, 2.45) is 0 Å². The topological polar surface area (TPSA) is 104 Å². The number of nitrogens with zero attached hydrogens (tertiary/aromatic N) is 2. The number of carboxylic acids is 1. The summed E-state index contributed by atoms with van der Waals surface area (Å²) < 4.78 is 4.72. The minimum atomic E-state index is -0.915. The Hall–Kier alpha value is -3.68. The van der Waals surface area contributed by atoms with Crippen LogP contribution in [0.15, 0.2) is 60.7 Å². The van der Waals surface area contributed by atoms with E-state index in [4.69, 9.17) is 9.84 Å². The molecule has 2 aromatic rings. The summed E-state index contributed by atoms with van der Waals surface area (Å²) in [6.45, 7) is 0.857. The fourth-order valence-electron chi connectivity index (χ4n) is 4.06. The Kier molecular flexibility index (Phi) is 8.18. The van der Waals surface area contributed by atoms with Crippen LogP contribution in [0, 0.1) is 0 Å². The van der Waals surface area contributed by atoms with Crippen molar-refractivity contribution in [3.63, 3.8) is 0 Å². The molecule has 2 fully saturated rings. The second kappa shape index (κ2) is 11.3. The number of benzene rings is 2. The largest absolute Gasteiger partial charge is 0.480 e. The highest BCUT2D eigenvalue weighted by Crippen LogP contribution is 2.23. The predicted molar refractivity (Wildman–Crippen MR) is 120 cm³/mol. The molecule has 4 rings (SSSR count). The molecule has 2 heterocycles. The van der Waals surface area contributed by atoms with Crippen LogP contribution in [0.5, 0.6) is 0 Å². The van der Waals surface area contributed by atoms with E-state index in [1.54, 1.807) is 4.90 Å². The smallest absolute Gasteiger partial charge is 0.328 e. The molecule has 8 heteroatoms. The number of carbonyl (C=O) groups excluding carboxylic acids is 3. The van der Waals surface area contributed by atoms with Crippen molar-refractivity contribution in [2.75, 3.05) is 7.11 Å². The van der Waals surface area contributed by atoms with Gasteiger partial charge in [-0.15, -0.1) is 0 Å². The van der Waals surface area contributed by atoms with Crippen LogP contribution >= 0.6 is 0 Å². The minimum absolute atomic E-state index is 0.0178. The summed E-state index contributed by atoms with van der Waals surface area (Å²) in [7, 11) is 1.35. The lowest BCUT2D eigenvalue weighted by molar-refractivity contribution is -0.149. The maximum atomic E-state index is 11.7. The SMILES string of the molecule is COC(=O)C1CCC(=O)N1Cc1ccccc1.O=C(O)C1CCC(=O)N1Cc1ccccc1. The average Bonchev–Trinajstić information content (AvgIpc) is 3.38. The Balaban J connectivity index is 0.000000186. The molecule has 2 aliphatic rings. The van der Waals surface area contributed by atoms with Crippen LogP contribution in [0.4, 0.5) is 0 Å². The van der Waals surface area contributed by atoms with Crippen LogP contribution in [0.2, 0.25) is 0 Å². The maximum absolute atomic E-state index is 11.7. The minimum Gasteiger partial charge on any atom is -0.480 e. The molecule has 8 nitrogen and oxygen atoms in total. The van der Waals surface area contributed by atoms with Gasteiger partial charge in [-0.3, -0.25) is 9.59 Å². The van der Waals surface area contributed by atoms with Crippen LogP contribution < -0.4 is 0 Å². The molecular formula is C25H28N2O6. The molecule has 2 unspecified atom stereocenters. The van der Waals surface area contributed by atoms with Crippen molar-refractivity contribution in [1.29, 1.82) is 0 Å². The second-order valence-corrected chi connectivity index (χ2v) is 7.98. The van der Waals surface area contributed by atoms with Gasteiger partial charge in [0.2, 0.25) is 11.8 Å². The highest BCUT2D eigenvalue weighted by atomic mass is 16.5. The van der Waals surface area contributed by atoms with Crippen molar-refractivity contribution in [2.45, 2.75) is 50.9 Å². The Morgan fingerprint density at radius 1 is 0.818 bits per heavy atom. The number of likely N-dealkylation sites (tertiary alicyclic amines) is 2. The first-order valence-corrected chi connectivity index (χ1v) is 10.9. The van der Waals surface area contributed by atoms with Crippen molar-refractivity contribution >= 4 is 23.8 Å². The molecule has 174 valence electrons. The quantitative estimate of drug-likeness (QED) is 0.676. The van der Waals surface area contributed by atoms with Crippen LogP contribution in [0.3, 0.4) is 0 Å². The third-order valence-electron chi connectivity index (χ3n) is 5.81. The molecule has 0 aromatic heterocycles. The van der Waals surface area contributed by atoms with E-state index in [-0.39, 0.29) is 17.8 Å². The van der Waals surface area contributed by atoms with Gasteiger partial charge in [0.15, 0.2) is 0 Å². The van der Waals surface area contributed by atoms with Gasteiger partial charge in [-0.25, -0.2) is 9.59 Å². The number of ether oxygens (including phenoxy) is 1. The fraction of sp³-hybridized carbons (Fsp3) is 0.360. The van der Waals surface area contributed by atoms with Gasteiger partial charge in [-0.1, -0.05) is 60.7 Å². The zero-order valence-corrected chi connectivity index (χ0v) is 18.6. The third kappa shape index (κ3) is 6.19. The van der Waals surface area contributed by atoms with E-state index in [1.807, 2.05) is 60.7 Å². The van der Waals surface area contributed by atoms with Gasteiger partial charge >= 0.3 is 11.9 Å². The molecule has 0 spiro atoms. The first-order valence-electron chi connectivity index (χ1n) is 10.9. The Labute approximate surface area is 192 Å². The van der Waals surface area contributed by atoms with Gasteiger partial charge < -0.3 is 19.6 Å². The zero-order valence-electron chi connectivity index (χ0n) is 18.6. The number of aliphatic carboxylic acids is 1. The standard InChI is InChI=1S/C13H15NO3.C12H13NO3/c1-17-13(16)11-7-8-12(15)14(11)9-10-5-3-2-4-6-10;14-11-7-6-10(12(15)16)13(11)8-9-4-2-1-3-5-9/h2-6,11H,7-9H2,1H3;1-5,10H,6-8H2,(H,15,16). The number of esters is 1. The molecule has 0 aliphatic carbocycles. The summed E-state index contributed by atoms with van der Waals surface area (Å²) in [5, 5.41) is 8.99. The molecule has 2 aromatic carbocycles. The van der Waals surface area contributed by atoms with Gasteiger partial charge in [-0.2, -0.15) is 0 Å². The lowest BCUT2D eigenvalue weighted by Gasteiger charge is -2.22. The Morgan fingerprint density at radius 2 is 1.24 bits per heavy atom. The van der Waals surface area contributed by atoms with E-state index in [0.29, 0.717) is 38.8 Å².